The number of fused-ring (bicyclic) bond motifs is 1. The van der Waals surface area contributed by atoms with Crippen LogP contribution in [0.3, 0.4) is 0 Å². The molecule has 0 radical (unpaired) electrons. The van der Waals surface area contributed by atoms with Crippen LogP contribution in [0.15, 0.2) is 0 Å². The van der Waals surface area contributed by atoms with Crippen LogP contribution in [-0.4, -0.2) is 78.8 Å². The summed E-state index contributed by atoms with van der Waals surface area (Å²) in [5.41, 5.74) is 0. The molecule has 2 aliphatic heterocycles. The molecular weight excluding hydrogens is 459 g/mol. The Morgan fingerprint density at radius 3 is 1.73 bits per heavy atom. The van der Waals surface area contributed by atoms with Gasteiger partial charge in [-0.3, -0.25) is 4.79 Å². The summed E-state index contributed by atoms with van der Waals surface area (Å²) >= 11 is 0. The monoisotopic (exact) mass is 473 g/mol. The summed E-state index contributed by atoms with van der Waals surface area (Å²) < 4.78 is 171. The summed E-state index contributed by atoms with van der Waals surface area (Å²) in [5, 5.41) is 0. The lowest BCUT2D eigenvalue weighted by atomic mass is 9.93. The Kier molecular flexibility index (Phi) is 5.80. The van der Waals surface area contributed by atoms with Gasteiger partial charge in [0, 0.05) is 12.8 Å². The van der Waals surface area contributed by atoms with Gasteiger partial charge in [-0.05, 0) is 0 Å². The van der Waals surface area contributed by atoms with Crippen molar-refractivity contribution in [2.45, 2.75) is 54.7 Å². The maximum absolute atomic E-state index is 13.9. The van der Waals surface area contributed by atoms with Crippen LogP contribution in [0.25, 0.3) is 0 Å². The summed E-state index contributed by atoms with van der Waals surface area (Å²) in [7, 11) is 0. The van der Waals surface area contributed by atoms with Gasteiger partial charge in [0.05, 0.1) is 26.2 Å². The van der Waals surface area contributed by atoms with Crippen LogP contribution in [-0.2, 0) is 4.79 Å². The first-order valence-electron chi connectivity index (χ1n) is 8.33. The van der Waals surface area contributed by atoms with Crippen LogP contribution >= 0.6 is 0 Å². The molecule has 1 N–H and O–H groups in total. The second-order valence-corrected chi connectivity index (χ2v) is 7.12. The molecule has 0 spiro atoms. The number of carbonyl (C=O) groups excluding carboxylic acids is 1. The number of carbonyl (C=O) groups is 1. The van der Waals surface area contributed by atoms with Gasteiger partial charge in [0.2, 0.25) is 0 Å². The van der Waals surface area contributed by atoms with Gasteiger partial charge in [-0.15, -0.1) is 0 Å². The molecule has 2 saturated heterocycles. The van der Waals surface area contributed by atoms with Crippen LogP contribution < -0.4 is 4.90 Å². The van der Waals surface area contributed by atoms with Crippen molar-refractivity contribution in [1.82, 2.24) is 4.90 Å². The zero-order chi connectivity index (χ0) is 23.6. The number of halogens is 13. The Morgan fingerprint density at radius 1 is 0.733 bits per heavy atom. The second kappa shape index (κ2) is 7.02. The van der Waals surface area contributed by atoms with Gasteiger partial charge in [0.15, 0.2) is 0 Å². The van der Waals surface area contributed by atoms with Crippen molar-refractivity contribution in [2.75, 3.05) is 26.2 Å². The smallest absolute Gasteiger partial charge is 0.330 e. The summed E-state index contributed by atoms with van der Waals surface area (Å²) in [6.45, 7) is -0.787. The topological polar surface area (TPSA) is 24.8 Å². The largest absolute Gasteiger partial charge is 0.460 e. The molecule has 2 atom stereocenters. The lowest BCUT2D eigenvalue weighted by Crippen LogP contribution is -3.16. The van der Waals surface area contributed by atoms with Crippen LogP contribution in [0, 0.1) is 0 Å². The van der Waals surface area contributed by atoms with E-state index in [1.165, 1.54) is 0 Å². The van der Waals surface area contributed by atoms with Gasteiger partial charge in [-0.1, -0.05) is 0 Å². The van der Waals surface area contributed by atoms with E-state index in [1.807, 2.05) is 0 Å². The molecular formula is C14H14F13N2O+. The van der Waals surface area contributed by atoms with E-state index in [-0.39, 0.29) is 11.4 Å². The number of quaternary nitrogens is 1. The second-order valence-electron chi connectivity index (χ2n) is 7.12. The van der Waals surface area contributed by atoms with E-state index < -0.39 is 60.8 Å². The molecule has 2 fully saturated rings. The van der Waals surface area contributed by atoms with E-state index in [1.54, 1.807) is 0 Å². The van der Waals surface area contributed by atoms with E-state index in [9.17, 15) is 61.9 Å². The fourth-order valence-electron chi connectivity index (χ4n) is 3.46. The van der Waals surface area contributed by atoms with Crippen molar-refractivity contribution in [3.63, 3.8) is 0 Å². The molecule has 0 aliphatic carbocycles. The molecule has 0 bridgehead atoms. The summed E-state index contributed by atoms with van der Waals surface area (Å²) in [6, 6.07) is -0.524. The molecule has 3 nitrogen and oxygen atoms in total. The Labute approximate surface area is 159 Å². The predicted molar refractivity (Wildman–Crippen MR) is 71.1 cm³/mol. The maximum Gasteiger partial charge on any atom is 0.460 e. The SMILES string of the molecule is O=C(N1CC[NH+]2CCC[C@H]2C1)C(F)(F)C(F)(F)C(F)(F)C(F)(F)C(F)(F)C(F)(F)F. The zero-order valence-electron chi connectivity index (χ0n) is 14.6. The Morgan fingerprint density at radius 2 is 1.23 bits per heavy atom. The Bertz CT molecular complexity index is 675. The minimum absolute atomic E-state index is 0.0104. The molecule has 2 aliphatic rings. The molecule has 1 unspecified atom stereocenters. The number of hydrogen-bond acceptors (Lipinski definition) is 1. The first kappa shape index (κ1) is 24.8. The zero-order valence-corrected chi connectivity index (χ0v) is 14.6. The number of amides is 1. The quantitative estimate of drug-likeness (QED) is 0.611. The highest BCUT2D eigenvalue weighted by atomic mass is 19.4. The molecule has 0 aromatic carbocycles. The molecule has 176 valence electrons. The first-order chi connectivity index (χ1) is 13.2. The van der Waals surface area contributed by atoms with E-state index in [2.05, 4.69) is 0 Å². The van der Waals surface area contributed by atoms with Crippen molar-refractivity contribution < 1.29 is 66.8 Å². The van der Waals surface area contributed by atoms with Gasteiger partial charge in [0.25, 0.3) is 5.91 Å². The number of alkyl halides is 13. The summed E-state index contributed by atoms with van der Waals surface area (Å²) in [4.78, 5) is 12.6. The fraction of sp³-hybridized carbons (Fsp3) is 0.929. The van der Waals surface area contributed by atoms with E-state index >= 15 is 0 Å². The lowest BCUT2D eigenvalue weighted by molar-refractivity contribution is -0.916. The van der Waals surface area contributed by atoms with Crippen LogP contribution in [0.1, 0.15) is 12.8 Å². The van der Waals surface area contributed by atoms with Crippen LogP contribution in [0.2, 0.25) is 0 Å². The number of nitrogens with one attached hydrogen (secondary N) is 1. The van der Waals surface area contributed by atoms with Gasteiger partial charge in [0.1, 0.15) is 6.04 Å². The molecule has 30 heavy (non-hydrogen) atoms. The summed E-state index contributed by atoms with van der Waals surface area (Å²) in [6.07, 6.45) is -6.55. The minimum atomic E-state index is -8.00. The molecule has 1 amide bonds. The molecule has 16 heteroatoms. The highest BCUT2D eigenvalue weighted by Crippen LogP contribution is 2.60. The molecule has 0 aromatic rings. The molecule has 0 aromatic heterocycles. The van der Waals surface area contributed by atoms with E-state index in [0.29, 0.717) is 19.4 Å². The Balaban J connectivity index is 2.37. The third-order valence-corrected chi connectivity index (χ3v) is 5.26. The highest BCUT2D eigenvalue weighted by Gasteiger charge is 2.91. The Hall–Kier alpha value is -1.48. The van der Waals surface area contributed by atoms with Crippen molar-refractivity contribution >= 4 is 5.91 Å². The predicted octanol–water partition coefficient (Wildman–Crippen LogP) is 2.61. The average Bonchev–Trinajstić information content (AvgIpc) is 3.06. The third-order valence-electron chi connectivity index (χ3n) is 5.26. The van der Waals surface area contributed by atoms with Gasteiger partial charge in [-0.2, -0.15) is 57.1 Å². The normalized spacial score (nSPS) is 24.8. The average molecular weight is 473 g/mol. The number of nitrogens with zero attached hydrogens (tertiary/aromatic N) is 1. The fourth-order valence-corrected chi connectivity index (χ4v) is 3.46. The highest BCUT2D eigenvalue weighted by molar-refractivity contribution is 5.85. The van der Waals surface area contributed by atoms with Gasteiger partial charge >= 0.3 is 35.8 Å². The molecule has 2 heterocycles. The van der Waals surface area contributed by atoms with Gasteiger partial charge in [-0.25, -0.2) is 0 Å². The van der Waals surface area contributed by atoms with E-state index in [4.69, 9.17) is 0 Å². The number of piperazine rings is 1. The summed E-state index contributed by atoms with van der Waals surface area (Å²) in [5.74, 6) is -41.1. The van der Waals surface area contributed by atoms with Gasteiger partial charge < -0.3 is 9.80 Å². The maximum atomic E-state index is 13.9. The number of rotatable bonds is 5. The number of hydrogen-bond donors (Lipinski definition) is 1. The van der Waals surface area contributed by atoms with Crippen molar-refractivity contribution in [2.24, 2.45) is 0 Å². The lowest BCUT2D eigenvalue weighted by Gasteiger charge is -2.41. The minimum Gasteiger partial charge on any atom is -0.330 e. The standard InChI is InChI=1S/C14H13F13N2O/c15-9(16,8(30)29-5-4-28-3-1-2-7(28)6-29)10(17,18)11(19,20)12(21,22)13(23,24)14(25,26)27/h7H,1-6H2/p+1/t7-/m0/s1. The van der Waals surface area contributed by atoms with Crippen LogP contribution in [0.5, 0.6) is 0 Å². The molecule has 2 rings (SSSR count). The van der Waals surface area contributed by atoms with Crippen molar-refractivity contribution in [1.29, 1.82) is 0 Å². The first-order valence-corrected chi connectivity index (χ1v) is 8.33. The van der Waals surface area contributed by atoms with Crippen molar-refractivity contribution in [3.05, 3.63) is 0 Å². The third kappa shape index (κ3) is 3.28. The van der Waals surface area contributed by atoms with Crippen LogP contribution in [0.4, 0.5) is 57.1 Å². The molecule has 0 saturated carbocycles. The van der Waals surface area contributed by atoms with Crippen molar-refractivity contribution in [3.8, 4) is 0 Å². The van der Waals surface area contributed by atoms with E-state index in [0.717, 1.165) is 4.90 Å².